The van der Waals surface area contributed by atoms with Gasteiger partial charge in [-0.1, -0.05) is 78.0 Å². The van der Waals surface area contributed by atoms with Crippen LogP contribution in [0.3, 0.4) is 0 Å². The summed E-state index contributed by atoms with van der Waals surface area (Å²) in [7, 11) is 0. The molecule has 4 aromatic rings. The van der Waals surface area contributed by atoms with Crippen LogP contribution in [0.2, 0.25) is 5.15 Å². The molecule has 2 aromatic carbocycles. The van der Waals surface area contributed by atoms with Crippen molar-refractivity contribution >= 4 is 41.2 Å². The molecular formula is C30H30ClN5O2S. The van der Waals surface area contributed by atoms with E-state index >= 15 is 0 Å². The Labute approximate surface area is 237 Å². The molecule has 1 aliphatic heterocycles. The van der Waals surface area contributed by atoms with Crippen molar-refractivity contribution in [3.05, 3.63) is 113 Å². The first kappa shape index (κ1) is 27.0. The highest BCUT2D eigenvalue weighted by molar-refractivity contribution is 7.98. The maximum atomic E-state index is 12.4. The third-order valence-electron chi connectivity index (χ3n) is 6.42. The van der Waals surface area contributed by atoms with Crippen molar-refractivity contribution in [1.29, 1.82) is 0 Å². The summed E-state index contributed by atoms with van der Waals surface area (Å²) in [5.74, 6) is 2.12. The van der Waals surface area contributed by atoms with Gasteiger partial charge in [-0.3, -0.25) is 9.69 Å². The van der Waals surface area contributed by atoms with E-state index in [0.717, 1.165) is 49.9 Å². The van der Waals surface area contributed by atoms with E-state index in [1.807, 2.05) is 42.5 Å². The van der Waals surface area contributed by atoms with Gasteiger partial charge in [0.15, 0.2) is 5.16 Å². The van der Waals surface area contributed by atoms with Crippen molar-refractivity contribution in [2.75, 3.05) is 37.6 Å². The van der Waals surface area contributed by atoms with Crippen LogP contribution in [-0.2, 0) is 12.3 Å². The van der Waals surface area contributed by atoms with E-state index < -0.39 is 0 Å². The minimum absolute atomic E-state index is 0.138. The minimum atomic E-state index is -0.138. The molecular weight excluding hydrogens is 530 g/mol. The molecule has 1 fully saturated rings. The van der Waals surface area contributed by atoms with E-state index in [9.17, 15) is 4.79 Å². The Hall–Kier alpha value is -3.59. The van der Waals surface area contributed by atoms with E-state index in [4.69, 9.17) is 21.0 Å². The fourth-order valence-electron chi connectivity index (χ4n) is 4.26. The Morgan fingerprint density at radius 1 is 1.00 bits per heavy atom. The molecule has 0 aliphatic carbocycles. The third-order valence-corrected chi connectivity index (χ3v) is 7.53. The topological polar surface area (TPSA) is 74.5 Å². The first-order valence-electron chi connectivity index (χ1n) is 12.9. The van der Waals surface area contributed by atoms with Crippen LogP contribution in [0.1, 0.15) is 27.2 Å². The number of amides is 1. The number of halogens is 1. The number of piperazine rings is 1. The first-order valence-corrected chi connectivity index (χ1v) is 14.2. The number of nitrogens with zero attached hydrogens (tertiary/aromatic N) is 4. The number of rotatable bonds is 10. The average molecular weight is 560 g/mol. The molecule has 39 heavy (non-hydrogen) atoms. The molecule has 1 amide bonds. The molecule has 0 unspecified atom stereocenters. The molecule has 1 saturated heterocycles. The summed E-state index contributed by atoms with van der Waals surface area (Å²) in [6.07, 6.45) is 5.99. The summed E-state index contributed by atoms with van der Waals surface area (Å²) in [5.41, 5.74) is 2.90. The summed E-state index contributed by atoms with van der Waals surface area (Å²) >= 11 is 7.90. The van der Waals surface area contributed by atoms with E-state index in [1.54, 1.807) is 12.3 Å². The number of nitrogens with one attached hydrogen (secondary N) is 1. The fraction of sp³-hybridized carbons (Fsp3) is 0.233. The Balaban J connectivity index is 1.10. The molecule has 0 spiro atoms. The predicted molar refractivity (Wildman–Crippen MR) is 157 cm³/mol. The lowest BCUT2D eigenvalue weighted by atomic mass is 10.1. The molecule has 0 bridgehead atoms. The number of hydrogen-bond donors (Lipinski definition) is 1. The van der Waals surface area contributed by atoms with Crippen molar-refractivity contribution in [1.82, 2.24) is 20.2 Å². The summed E-state index contributed by atoms with van der Waals surface area (Å²) in [6, 6.07) is 23.4. The number of carbonyl (C=O) groups is 1. The predicted octanol–water partition coefficient (Wildman–Crippen LogP) is 5.78. The largest absolute Gasteiger partial charge is 0.467 e. The van der Waals surface area contributed by atoms with Gasteiger partial charge in [-0.05, 0) is 35.4 Å². The Kier molecular flexibility index (Phi) is 9.32. The lowest BCUT2D eigenvalue weighted by molar-refractivity contribution is 0.0948. The molecule has 200 valence electrons. The van der Waals surface area contributed by atoms with Crippen molar-refractivity contribution in [2.45, 2.75) is 17.5 Å². The van der Waals surface area contributed by atoms with Crippen molar-refractivity contribution in [2.24, 2.45) is 0 Å². The van der Waals surface area contributed by atoms with Crippen LogP contribution in [0.4, 0.5) is 5.82 Å². The maximum absolute atomic E-state index is 12.4. The van der Waals surface area contributed by atoms with E-state index in [0.29, 0.717) is 28.2 Å². The van der Waals surface area contributed by atoms with Crippen LogP contribution >= 0.6 is 23.4 Å². The van der Waals surface area contributed by atoms with Crippen LogP contribution in [0.15, 0.2) is 94.7 Å². The van der Waals surface area contributed by atoms with E-state index in [1.165, 1.54) is 17.3 Å². The van der Waals surface area contributed by atoms with Gasteiger partial charge in [-0.2, -0.15) is 0 Å². The average Bonchev–Trinajstić information content (AvgIpc) is 3.50. The van der Waals surface area contributed by atoms with Gasteiger partial charge in [0.05, 0.1) is 12.8 Å². The minimum Gasteiger partial charge on any atom is -0.467 e. The van der Waals surface area contributed by atoms with Gasteiger partial charge in [0.2, 0.25) is 0 Å². The van der Waals surface area contributed by atoms with Crippen LogP contribution in [0.25, 0.3) is 6.08 Å². The zero-order chi connectivity index (χ0) is 26.9. The van der Waals surface area contributed by atoms with Crippen molar-refractivity contribution in [3.8, 4) is 0 Å². The molecule has 7 nitrogen and oxygen atoms in total. The Morgan fingerprint density at radius 3 is 2.54 bits per heavy atom. The third kappa shape index (κ3) is 7.95. The lowest BCUT2D eigenvalue weighted by Crippen LogP contribution is -2.46. The summed E-state index contributed by atoms with van der Waals surface area (Å²) in [6.45, 7) is 4.99. The molecule has 3 heterocycles. The fourth-order valence-corrected chi connectivity index (χ4v) is 5.29. The second-order valence-corrected chi connectivity index (χ2v) is 10.5. The summed E-state index contributed by atoms with van der Waals surface area (Å²) in [4.78, 5) is 26.3. The number of benzene rings is 2. The van der Waals surface area contributed by atoms with Gasteiger partial charge in [0, 0.05) is 50.1 Å². The number of hydrogen-bond acceptors (Lipinski definition) is 7. The second kappa shape index (κ2) is 13.5. The number of furan rings is 1. The zero-order valence-electron chi connectivity index (χ0n) is 21.5. The van der Waals surface area contributed by atoms with Crippen LogP contribution < -0.4 is 10.2 Å². The van der Waals surface area contributed by atoms with Gasteiger partial charge in [-0.15, -0.1) is 0 Å². The highest BCUT2D eigenvalue weighted by Crippen LogP contribution is 2.25. The van der Waals surface area contributed by atoms with Gasteiger partial charge in [0.1, 0.15) is 16.7 Å². The highest BCUT2D eigenvalue weighted by Gasteiger charge is 2.19. The quantitative estimate of drug-likeness (QED) is 0.150. The van der Waals surface area contributed by atoms with Crippen LogP contribution in [-0.4, -0.2) is 53.5 Å². The number of carbonyl (C=O) groups excluding carboxylic acids is 1. The molecule has 2 aromatic heterocycles. The van der Waals surface area contributed by atoms with E-state index in [2.05, 4.69) is 56.5 Å². The summed E-state index contributed by atoms with van der Waals surface area (Å²) in [5, 5.41) is 3.95. The molecule has 0 saturated carbocycles. The van der Waals surface area contributed by atoms with Gasteiger partial charge >= 0.3 is 0 Å². The zero-order valence-corrected chi connectivity index (χ0v) is 23.1. The molecule has 5 rings (SSSR count). The smallest absolute Gasteiger partial charge is 0.251 e. The van der Waals surface area contributed by atoms with E-state index in [-0.39, 0.29) is 5.91 Å². The lowest BCUT2D eigenvalue weighted by Gasteiger charge is -2.35. The molecule has 0 radical (unpaired) electrons. The van der Waals surface area contributed by atoms with Gasteiger partial charge in [0.25, 0.3) is 5.91 Å². The first-order chi connectivity index (χ1) is 19.1. The SMILES string of the molecule is O=C(NCc1ccco1)c1ccc(CSc2nc(Cl)cc(N3CCN(C/C=C/c4ccccc4)CC3)n2)cc1. The number of aromatic nitrogens is 2. The Morgan fingerprint density at radius 2 is 1.79 bits per heavy atom. The number of anilines is 1. The number of thioether (sulfide) groups is 1. The molecule has 1 aliphatic rings. The standard InChI is InChI=1S/C30H30ClN5O2S/c31-27-20-28(36-17-15-35(16-18-36)14-4-8-23-6-2-1-3-7-23)34-30(33-27)39-22-24-10-12-25(13-11-24)29(37)32-21-26-9-5-19-38-26/h1-13,19-20H,14-18,21-22H2,(H,32,37)/b8-4+. The van der Waals surface area contributed by atoms with Crippen molar-refractivity contribution < 1.29 is 9.21 Å². The van der Waals surface area contributed by atoms with Crippen LogP contribution in [0.5, 0.6) is 0 Å². The summed E-state index contributed by atoms with van der Waals surface area (Å²) < 4.78 is 5.25. The Bertz CT molecular complexity index is 1370. The maximum Gasteiger partial charge on any atom is 0.251 e. The van der Waals surface area contributed by atoms with Crippen molar-refractivity contribution in [3.63, 3.8) is 0 Å². The van der Waals surface area contributed by atoms with Gasteiger partial charge < -0.3 is 14.6 Å². The molecule has 1 N–H and O–H groups in total. The molecule has 0 atom stereocenters. The highest BCUT2D eigenvalue weighted by atomic mass is 35.5. The normalized spacial score (nSPS) is 14.1. The van der Waals surface area contributed by atoms with Gasteiger partial charge in [-0.25, -0.2) is 9.97 Å². The molecule has 9 heteroatoms. The monoisotopic (exact) mass is 559 g/mol. The second-order valence-electron chi connectivity index (χ2n) is 9.18. The van der Waals surface area contributed by atoms with Crippen LogP contribution in [0, 0.1) is 0 Å².